The predicted octanol–water partition coefficient (Wildman–Crippen LogP) is 2.97. The quantitative estimate of drug-likeness (QED) is 0.573. The third kappa shape index (κ3) is 5.08. The molecule has 0 bridgehead atoms. The molecule has 1 aromatic heterocycles. The first-order valence-corrected chi connectivity index (χ1v) is 10.8. The molecule has 0 unspecified atom stereocenters. The van der Waals surface area contributed by atoms with Crippen molar-refractivity contribution in [2.75, 3.05) is 25.0 Å². The fourth-order valence-corrected chi connectivity index (χ4v) is 4.09. The molecule has 154 valence electrons. The number of amides is 2. The second-order valence-corrected chi connectivity index (χ2v) is 8.11. The van der Waals surface area contributed by atoms with E-state index >= 15 is 0 Å². The van der Waals surface area contributed by atoms with Crippen LogP contribution >= 0.6 is 11.3 Å². The number of carbonyl (C=O) groups excluding carboxylic acids is 2. The lowest BCUT2D eigenvalue weighted by Crippen LogP contribution is -2.33. The minimum absolute atomic E-state index is 0.163. The number of nitrogens with one attached hydrogen (secondary N) is 2. The van der Waals surface area contributed by atoms with Crippen molar-refractivity contribution in [3.8, 4) is 0 Å². The van der Waals surface area contributed by atoms with E-state index in [4.69, 9.17) is 0 Å². The highest BCUT2D eigenvalue weighted by molar-refractivity contribution is 7.15. The molecular formula is C22H23N5O2S. The monoisotopic (exact) mass is 421 g/mol. The van der Waals surface area contributed by atoms with E-state index in [0.717, 1.165) is 43.8 Å². The third-order valence-electron chi connectivity index (χ3n) is 4.99. The fraction of sp³-hybridized carbons (Fsp3) is 0.273. The van der Waals surface area contributed by atoms with Crippen LogP contribution in [0.4, 0.5) is 5.69 Å². The van der Waals surface area contributed by atoms with E-state index in [1.165, 1.54) is 11.1 Å². The van der Waals surface area contributed by atoms with Gasteiger partial charge in [0.25, 0.3) is 11.8 Å². The smallest absolute Gasteiger partial charge is 0.286 e. The molecule has 0 saturated heterocycles. The zero-order chi connectivity index (χ0) is 20.8. The van der Waals surface area contributed by atoms with Gasteiger partial charge in [0.05, 0.1) is 0 Å². The minimum Gasteiger partial charge on any atom is -0.350 e. The standard InChI is InChI=1S/C22H23N5O2S/c28-19(21-25-26-22(30-21)20(29)24-18-9-2-1-3-10-18)23-12-6-13-27-14-11-16-7-4-5-8-17(16)15-27/h1-5,7-10H,6,11-15H2,(H,23,28)(H,24,29). The van der Waals surface area contributed by atoms with Crippen LogP contribution in [-0.2, 0) is 13.0 Å². The topological polar surface area (TPSA) is 87.2 Å². The lowest BCUT2D eigenvalue weighted by atomic mass is 10.00. The zero-order valence-corrected chi connectivity index (χ0v) is 17.3. The van der Waals surface area contributed by atoms with E-state index < -0.39 is 0 Å². The summed E-state index contributed by atoms with van der Waals surface area (Å²) in [5.74, 6) is -0.668. The Hall–Kier alpha value is -3.10. The third-order valence-corrected chi connectivity index (χ3v) is 5.91. The van der Waals surface area contributed by atoms with Gasteiger partial charge in [-0.15, -0.1) is 10.2 Å². The van der Waals surface area contributed by atoms with Gasteiger partial charge in [-0.05, 0) is 36.1 Å². The molecule has 0 spiro atoms. The van der Waals surface area contributed by atoms with Crippen LogP contribution in [0.2, 0.25) is 0 Å². The van der Waals surface area contributed by atoms with E-state index in [1.807, 2.05) is 18.2 Å². The van der Waals surface area contributed by atoms with E-state index in [2.05, 4.69) is 50.0 Å². The lowest BCUT2D eigenvalue weighted by molar-refractivity contribution is 0.0949. The number of rotatable bonds is 7. The number of aromatic nitrogens is 2. The molecule has 0 fully saturated rings. The van der Waals surface area contributed by atoms with E-state index in [1.54, 1.807) is 12.1 Å². The summed E-state index contributed by atoms with van der Waals surface area (Å²) in [4.78, 5) is 26.9. The van der Waals surface area contributed by atoms with Gasteiger partial charge < -0.3 is 10.6 Å². The minimum atomic E-state index is -0.372. The van der Waals surface area contributed by atoms with Crippen LogP contribution < -0.4 is 10.6 Å². The molecule has 30 heavy (non-hydrogen) atoms. The van der Waals surface area contributed by atoms with Crippen molar-refractivity contribution in [1.29, 1.82) is 0 Å². The fourth-order valence-electron chi connectivity index (χ4n) is 3.44. The number of benzene rings is 2. The number of carbonyl (C=O) groups is 2. The van der Waals surface area contributed by atoms with E-state index in [0.29, 0.717) is 12.2 Å². The number of nitrogens with zero attached hydrogens (tertiary/aromatic N) is 3. The van der Waals surface area contributed by atoms with Crippen LogP contribution in [0, 0.1) is 0 Å². The Balaban J connectivity index is 1.21. The van der Waals surface area contributed by atoms with Crippen LogP contribution in [0.1, 0.15) is 37.2 Å². The summed E-state index contributed by atoms with van der Waals surface area (Å²) in [6, 6.07) is 17.7. The number of hydrogen-bond acceptors (Lipinski definition) is 6. The van der Waals surface area contributed by atoms with Gasteiger partial charge in [-0.1, -0.05) is 53.8 Å². The van der Waals surface area contributed by atoms with Crippen LogP contribution in [0.3, 0.4) is 0 Å². The molecule has 7 nitrogen and oxygen atoms in total. The second kappa shape index (κ2) is 9.60. The maximum Gasteiger partial charge on any atom is 0.286 e. The molecule has 0 saturated carbocycles. The first kappa shape index (κ1) is 20.2. The van der Waals surface area contributed by atoms with Gasteiger partial charge >= 0.3 is 0 Å². The maximum absolute atomic E-state index is 12.3. The second-order valence-electron chi connectivity index (χ2n) is 7.14. The van der Waals surface area contributed by atoms with Gasteiger partial charge in [0.15, 0.2) is 0 Å². The summed E-state index contributed by atoms with van der Waals surface area (Å²) in [6.45, 7) is 3.49. The summed E-state index contributed by atoms with van der Waals surface area (Å²) in [6.07, 6.45) is 1.93. The predicted molar refractivity (Wildman–Crippen MR) is 117 cm³/mol. The van der Waals surface area contributed by atoms with Crippen molar-refractivity contribution in [3.63, 3.8) is 0 Å². The van der Waals surface area contributed by atoms with Gasteiger partial charge in [0.2, 0.25) is 10.0 Å². The molecule has 0 atom stereocenters. The van der Waals surface area contributed by atoms with Crippen LogP contribution in [0.25, 0.3) is 0 Å². The van der Waals surface area contributed by atoms with Crippen LogP contribution in [-0.4, -0.2) is 46.5 Å². The van der Waals surface area contributed by atoms with Crippen molar-refractivity contribution in [1.82, 2.24) is 20.4 Å². The highest BCUT2D eigenvalue weighted by Gasteiger charge is 2.18. The Labute approximate surface area is 179 Å². The largest absolute Gasteiger partial charge is 0.350 e. The molecule has 2 amide bonds. The Morgan fingerprint density at radius 2 is 1.63 bits per heavy atom. The first-order chi connectivity index (χ1) is 14.7. The number of fused-ring (bicyclic) bond motifs is 1. The number of para-hydroxylation sites is 1. The molecule has 1 aliphatic heterocycles. The van der Waals surface area contributed by atoms with E-state index in [9.17, 15) is 9.59 Å². The normalized spacial score (nSPS) is 13.5. The lowest BCUT2D eigenvalue weighted by Gasteiger charge is -2.28. The summed E-state index contributed by atoms with van der Waals surface area (Å²) in [7, 11) is 0. The van der Waals surface area contributed by atoms with Gasteiger partial charge in [0, 0.05) is 31.9 Å². The Kier molecular flexibility index (Phi) is 6.46. The van der Waals surface area contributed by atoms with Crippen molar-refractivity contribution in [2.45, 2.75) is 19.4 Å². The number of anilines is 1. The zero-order valence-electron chi connectivity index (χ0n) is 16.5. The van der Waals surface area contributed by atoms with Gasteiger partial charge in [0.1, 0.15) is 0 Å². The van der Waals surface area contributed by atoms with Gasteiger partial charge in [-0.2, -0.15) is 0 Å². The van der Waals surface area contributed by atoms with Crippen LogP contribution in [0.5, 0.6) is 0 Å². The molecular weight excluding hydrogens is 398 g/mol. The molecule has 0 radical (unpaired) electrons. The molecule has 3 aromatic rings. The SMILES string of the molecule is O=C(NCCCN1CCc2ccccc2C1)c1nnc(C(=O)Nc2ccccc2)s1. The Morgan fingerprint density at radius 3 is 2.43 bits per heavy atom. The van der Waals surface area contributed by atoms with Crippen LogP contribution in [0.15, 0.2) is 54.6 Å². The molecule has 2 heterocycles. The van der Waals surface area contributed by atoms with E-state index in [-0.39, 0.29) is 21.8 Å². The number of hydrogen-bond donors (Lipinski definition) is 2. The maximum atomic E-state index is 12.3. The van der Waals surface area contributed by atoms with Crippen molar-refractivity contribution < 1.29 is 9.59 Å². The average Bonchev–Trinajstić information content (AvgIpc) is 3.28. The highest BCUT2D eigenvalue weighted by atomic mass is 32.1. The van der Waals surface area contributed by atoms with Crippen molar-refractivity contribution in [2.24, 2.45) is 0 Å². The van der Waals surface area contributed by atoms with Crippen molar-refractivity contribution in [3.05, 3.63) is 75.7 Å². The van der Waals surface area contributed by atoms with Gasteiger partial charge in [-0.25, -0.2) is 0 Å². The molecule has 1 aliphatic rings. The highest BCUT2D eigenvalue weighted by Crippen LogP contribution is 2.18. The molecule has 2 N–H and O–H groups in total. The average molecular weight is 422 g/mol. The van der Waals surface area contributed by atoms with Crippen molar-refractivity contribution >= 4 is 28.8 Å². The molecule has 8 heteroatoms. The first-order valence-electron chi connectivity index (χ1n) is 9.96. The summed E-state index contributed by atoms with van der Waals surface area (Å²) >= 11 is 0.990. The molecule has 0 aliphatic carbocycles. The Morgan fingerprint density at radius 1 is 0.933 bits per heavy atom. The van der Waals surface area contributed by atoms with Gasteiger partial charge in [-0.3, -0.25) is 14.5 Å². The summed E-state index contributed by atoms with van der Waals surface area (Å²) in [5.41, 5.74) is 3.50. The Bertz CT molecular complexity index is 1020. The molecule has 4 rings (SSSR count). The summed E-state index contributed by atoms with van der Waals surface area (Å²) in [5, 5.41) is 13.7. The molecule has 2 aromatic carbocycles. The summed E-state index contributed by atoms with van der Waals surface area (Å²) < 4.78 is 0.